The van der Waals surface area contributed by atoms with E-state index in [1.165, 1.54) is 31.4 Å². The fourth-order valence-electron chi connectivity index (χ4n) is 2.29. The highest BCUT2D eigenvalue weighted by atomic mass is 79.9. The van der Waals surface area contributed by atoms with Gasteiger partial charge < -0.3 is 5.32 Å². The van der Waals surface area contributed by atoms with Gasteiger partial charge in [-0.25, -0.2) is 0 Å². The van der Waals surface area contributed by atoms with E-state index in [0.29, 0.717) is 6.04 Å². The molecule has 0 saturated carbocycles. The van der Waals surface area contributed by atoms with Gasteiger partial charge in [-0.2, -0.15) is 5.10 Å². The molecule has 0 aliphatic heterocycles. The third-order valence-electron chi connectivity index (χ3n) is 3.15. The van der Waals surface area contributed by atoms with Gasteiger partial charge in [-0.05, 0) is 35.3 Å². The summed E-state index contributed by atoms with van der Waals surface area (Å²) in [7, 11) is 0. The summed E-state index contributed by atoms with van der Waals surface area (Å²) in [6.45, 7) is 8.61. The smallest absolute Gasteiger partial charge is 0.0695 e. The van der Waals surface area contributed by atoms with E-state index in [9.17, 15) is 0 Å². The average Bonchev–Trinajstić information content (AvgIpc) is 2.70. The minimum Gasteiger partial charge on any atom is -0.309 e. The highest BCUT2D eigenvalue weighted by Gasteiger charge is 2.18. The average molecular weight is 316 g/mol. The van der Waals surface area contributed by atoms with Crippen molar-refractivity contribution in [1.82, 2.24) is 15.1 Å². The van der Waals surface area contributed by atoms with E-state index in [1.54, 1.807) is 0 Å². The number of rotatable bonds is 9. The van der Waals surface area contributed by atoms with Crippen LogP contribution in [-0.4, -0.2) is 16.3 Å². The van der Waals surface area contributed by atoms with Crippen LogP contribution in [0.5, 0.6) is 0 Å². The summed E-state index contributed by atoms with van der Waals surface area (Å²) < 4.78 is 3.28. The normalized spacial score (nSPS) is 12.9. The molecule has 1 aromatic rings. The van der Waals surface area contributed by atoms with Crippen molar-refractivity contribution in [3.8, 4) is 0 Å². The van der Waals surface area contributed by atoms with Gasteiger partial charge in [0.1, 0.15) is 0 Å². The van der Waals surface area contributed by atoms with E-state index in [-0.39, 0.29) is 0 Å². The minimum absolute atomic E-state index is 0.421. The lowest BCUT2D eigenvalue weighted by Gasteiger charge is -2.20. The van der Waals surface area contributed by atoms with Crippen LogP contribution in [0.3, 0.4) is 0 Å². The molecule has 0 aromatic carbocycles. The molecule has 1 aromatic heterocycles. The zero-order valence-corrected chi connectivity index (χ0v) is 13.5. The summed E-state index contributed by atoms with van der Waals surface area (Å²) in [5, 5.41) is 8.06. The summed E-state index contributed by atoms with van der Waals surface area (Å²) in [5.74, 6) is 0. The van der Waals surface area contributed by atoms with Crippen LogP contribution in [0.15, 0.2) is 10.7 Å². The molecule has 4 heteroatoms. The molecule has 0 saturated heterocycles. The quantitative estimate of drug-likeness (QED) is 0.689. The first kappa shape index (κ1) is 15.7. The molecule has 1 heterocycles. The second-order valence-corrected chi connectivity index (χ2v) is 5.56. The van der Waals surface area contributed by atoms with Crippen molar-refractivity contribution in [3.63, 3.8) is 0 Å². The first-order valence-corrected chi connectivity index (χ1v) is 7.98. The standard InChI is InChI=1S/C14H26BrN3/c1-4-7-8-9-13(16-6-3)14-12(15)11-17-18(14)10-5-2/h11,13,16H,4-10H2,1-3H3. The molecular formula is C14H26BrN3. The van der Waals surface area contributed by atoms with E-state index < -0.39 is 0 Å². The van der Waals surface area contributed by atoms with E-state index >= 15 is 0 Å². The van der Waals surface area contributed by atoms with Crippen LogP contribution >= 0.6 is 15.9 Å². The van der Waals surface area contributed by atoms with E-state index in [4.69, 9.17) is 0 Å². The van der Waals surface area contributed by atoms with Crippen molar-refractivity contribution >= 4 is 15.9 Å². The lowest BCUT2D eigenvalue weighted by molar-refractivity contribution is 0.440. The lowest BCUT2D eigenvalue weighted by Crippen LogP contribution is -2.24. The van der Waals surface area contributed by atoms with Crippen LogP contribution in [0.25, 0.3) is 0 Å². The molecule has 1 atom stereocenters. The molecule has 0 fully saturated rings. The van der Waals surface area contributed by atoms with Gasteiger partial charge in [-0.15, -0.1) is 0 Å². The summed E-state index contributed by atoms with van der Waals surface area (Å²) in [6, 6.07) is 0.421. The Hall–Kier alpha value is -0.350. The Morgan fingerprint density at radius 1 is 1.28 bits per heavy atom. The molecule has 104 valence electrons. The molecular weight excluding hydrogens is 290 g/mol. The number of nitrogens with one attached hydrogen (secondary N) is 1. The highest BCUT2D eigenvalue weighted by molar-refractivity contribution is 9.10. The molecule has 3 nitrogen and oxygen atoms in total. The second-order valence-electron chi connectivity index (χ2n) is 4.71. The van der Waals surface area contributed by atoms with Crippen molar-refractivity contribution in [2.24, 2.45) is 0 Å². The number of hydrogen-bond donors (Lipinski definition) is 1. The van der Waals surface area contributed by atoms with Crippen molar-refractivity contribution in [2.45, 2.75) is 65.5 Å². The van der Waals surface area contributed by atoms with E-state index in [2.05, 4.69) is 51.8 Å². The monoisotopic (exact) mass is 315 g/mol. The van der Waals surface area contributed by atoms with Crippen molar-refractivity contribution in [1.29, 1.82) is 0 Å². The summed E-state index contributed by atoms with van der Waals surface area (Å²) in [6.07, 6.45) is 8.09. The molecule has 0 amide bonds. The Morgan fingerprint density at radius 2 is 2.06 bits per heavy atom. The fraction of sp³-hybridized carbons (Fsp3) is 0.786. The molecule has 0 spiro atoms. The van der Waals surface area contributed by atoms with Crippen LogP contribution in [0.4, 0.5) is 0 Å². The van der Waals surface area contributed by atoms with Crippen LogP contribution in [0.1, 0.15) is 64.6 Å². The predicted molar refractivity (Wildman–Crippen MR) is 80.8 cm³/mol. The molecule has 1 N–H and O–H groups in total. The number of nitrogens with zero attached hydrogens (tertiary/aromatic N) is 2. The summed E-state index contributed by atoms with van der Waals surface area (Å²) >= 11 is 3.64. The fourth-order valence-corrected chi connectivity index (χ4v) is 2.86. The number of halogens is 1. The molecule has 1 rings (SSSR count). The molecule has 1 unspecified atom stereocenters. The predicted octanol–water partition coefficient (Wildman–Crippen LogP) is 4.29. The molecule has 0 aliphatic carbocycles. The number of aromatic nitrogens is 2. The topological polar surface area (TPSA) is 29.9 Å². The zero-order valence-electron chi connectivity index (χ0n) is 11.9. The lowest BCUT2D eigenvalue weighted by atomic mass is 10.1. The zero-order chi connectivity index (χ0) is 13.4. The number of aryl methyl sites for hydroxylation is 1. The maximum atomic E-state index is 4.47. The third kappa shape index (κ3) is 4.39. The van der Waals surface area contributed by atoms with Gasteiger partial charge in [0.2, 0.25) is 0 Å². The van der Waals surface area contributed by atoms with Crippen LogP contribution in [-0.2, 0) is 6.54 Å². The van der Waals surface area contributed by atoms with Crippen molar-refractivity contribution in [3.05, 3.63) is 16.4 Å². The Bertz CT molecular complexity index is 336. The van der Waals surface area contributed by atoms with Gasteiger partial charge in [0.15, 0.2) is 0 Å². The van der Waals surface area contributed by atoms with Gasteiger partial charge in [0.25, 0.3) is 0 Å². The number of unbranched alkanes of at least 4 members (excludes halogenated alkanes) is 2. The van der Waals surface area contributed by atoms with E-state index in [1.807, 2.05) is 6.20 Å². The first-order chi connectivity index (χ1) is 8.74. The van der Waals surface area contributed by atoms with Crippen LogP contribution in [0, 0.1) is 0 Å². The Balaban J connectivity index is 2.79. The van der Waals surface area contributed by atoms with Gasteiger partial charge in [-0.3, -0.25) is 4.68 Å². The summed E-state index contributed by atoms with van der Waals surface area (Å²) in [4.78, 5) is 0. The Kier molecular flexibility index (Phi) is 7.59. The Morgan fingerprint density at radius 3 is 2.67 bits per heavy atom. The van der Waals surface area contributed by atoms with Gasteiger partial charge >= 0.3 is 0 Å². The van der Waals surface area contributed by atoms with Crippen molar-refractivity contribution in [2.75, 3.05) is 6.54 Å². The molecule has 0 aliphatic rings. The van der Waals surface area contributed by atoms with Crippen LogP contribution in [0.2, 0.25) is 0 Å². The molecule has 18 heavy (non-hydrogen) atoms. The van der Waals surface area contributed by atoms with Gasteiger partial charge in [0, 0.05) is 6.54 Å². The maximum Gasteiger partial charge on any atom is 0.0695 e. The first-order valence-electron chi connectivity index (χ1n) is 7.19. The van der Waals surface area contributed by atoms with Gasteiger partial charge in [0.05, 0.1) is 22.4 Å². The maximum absolute atomic E-state index is 4.47. The third-order valence-corrected chi connectivity index (χ3v) is 3.76. The Labute approximate surface area is 119 Å². The van der Waals surface area contributed by atoms with Crippen molar-refractivity contribution < 1.29 is 0 Å². The summed E-state index contributed by atoms with van der Waals surface area (Å²) in [5.41, 5.74) is 1.31. The SMILES string of the molecule is CCCCCC(NCC)c1c(Br)cnn1CCC. The van der Waals surface area contributed by atoms with Gasteiger partial charge in [-0.1, -0.05) is 40.0 Å². The van der Waals surface area contributed by atoms with Crippen LogP contribution < -0.4 is 5.32 Å². The second kappa shape index (κ2) is 8.70. The molecule has 0 bridgehead atoms. The molecule has 0 radical (unpaired) electrons. The highest BCUT2D eigenvalue weighted by Crippen LogP contribution is 2.27. The number of hydrogen-bond acceptors (Lipinski definition) is 2. The minimum atomic E-state index is 0.421. The van der Waals surface area contributed by atoms with E-state index in [0.717, 1.165) is 24.0 Å². The largest absolute Gasteiger partial charge is 0.309 e.